The van der Waals surface area contributed by atoms with Gasteiger partial charge in [0.1, 0.15) is 0 Å². The molecule has 2 atom stereocenters. The van der Waals surface area contributed by atoms with Crippen LogP contribution in [0.5, 0.6) is 0 Å². The monoisotopic (exact) mass is 253 g/mol. The smallest absolute Gasteiger partial charge is 0.308 e. The maximum atomic E-state index is 11.1. The molecule has 2 unspecified atom stereocenters. The summed E-state index contributed by atoms with van der Waals surface area (Å²) >= 11 is 1.82. The van der Waals surface area contributed by atoms with Gasteiger partial charge in [-0.3, -0.25) is 9.69 Å². The Labute approximate surface area is 106 Å². The topological polar surface area (TPSA) is 40.5 Å². The van der Waals surface area contributed by atoms with Crippen molar-refractivity contribution in [1.29, 1.82) is 0 Å². The number of carboxylic acids is 1. The number of thiophene rings is 1. The summed E-state index contributed by atoms with van der Waals surface area (Å²) in [7, 11) is 0. The molecule has 1 aromatic heterocycles. The first-order valence-electron chi connectivity index (χ1n) is 5.98. The van der Waals surface area contributed by atoms with E-state index < -0.39 is 5.97 Å². The second-order valence-electron chi connectivity index (χ2n) is 5.05. The van der Waals surface area contributed by atoms with Crippen LogP contribution >= 0.6 is 11.3 Å². The molecule has 0 aliphatic carbocycles. The predicted octanol–water partition coefficient (Wildman–Crippen LogP) is 2.52. The summed E-state index contributed by atoms with van der Waals surface area (Å²) in [6.45, 7) is 8.76. The Hall–Kier alpha value is -0.870. The van der Waals surface area contributed by atoms with E-state index in [1.54, 1.807) is 0 Å². The van der Waals surface area contributed by atoms with Gasteiger partial charge in [-0.25, -0.2) is 0 Å². The van der Waals surface area contributed by atoms with Crippen LogP contribution in [0.25, 0.3) is 0 Å². The standard InChI is InChI=1S/C13H19NO2S/c1-8-5-14(7-12(8)13(15)16)6-11-4-9(2)17-10(11)3/h4,8,12H,5-7H2,1-3H3,(H,15,16). The molecule has 0 saturated carbocycles. The Kier molecular flexibility index (Phi) is 3.54. The highest BCUT2D eigenvalue weighted by Crippen LogP contribution is 2.27. The van der Waals surface area contributed by atoms with Gasteiger partial charge >= 0.3 is 5.97 Å². The number of nitrogens with zero attached hydrogens (tertiary/aromatic N) is 1. The highest BCUT2D eigenvalue weighted by Gasteiger charge is 2.34. The van der Waals surface area contributed by atoms with Gasteiger partial charge in [-0.05, 0) is 31.4 Å². The van der Waals surface area contributed by atoms with E-state index in [1.807, 2.05) is 18.3 Å². The number of carboxylic acid groups (broad SMARTS) is 1. The maximum absolute atomic E-state index is 11.1. The van der Waals surface area contributed by atoms with Gasteiger partial charge in [0.25, 0.3) is 0 Å². The number of hydrogen-bond acceptors (Lipinski definition) is 3. The summed E-state index contributed by atoms with van der Waals surface area (Å²) < 4.78 is 0. The number of aryl methyl sites for hydroxylation is 2. The number of hydrogen-bond donors (Lipinski definition) is 1. The zero-order valence-corrected chi connectivity index (χ0v) is 11.4. The average Bonchev–Trinajstić information content (AvgIpc) is 2.71. The van der Waals surface area contributed by atoms with E-state index in [9.17, 15) is 4.79 Å². The first kappa shape index (κ1) is 12.6. The zero-order valence-electron chi connectivity index (χ0n) is 10.6. The Balaban J connectivity index is 2.02. The van der Waals surface area contributed by atoms with Crippen LogP contribution in [0.4, 0.5) is 0 Å². The van der Waals surface area contributed by atoms with Gasteiger partial charge in [0, 0.05) is 29.4 Å². The van der Waals surface area contributed by atoms with E-state index in [2.05, 4.69) is 24.8 Å². The molecule has 1 aliphatic heterocycles. The van der Waals surface area contributed by atoms with Crippen molar-refractivity contribution in [3.63, 3.8) is 0 Å². The molecular formula is C13H19NO2S. The SMILES string of the molecule is Cc1cc(CN2CC(C)C(C(=O)O)C2)c(C)s1. The molecule has 0 spiro atoms. The Morgan fingerprint density at radius 2 is 2.24 bits per heavy atom. The molecule has 0 amide bonds. The second-order valence-corrected chi connectivity index (χ2v) is 6.52. The van der Waals surface area contributed by atoms with E-state index in [4.69, 9.17) is 5.11 Å². The van der Waals surface area contributed by atoms with Crippen LogP contribution in [0.1, 0.15) is 22.2 Å². The molecule has 1 aliphatic rings. The van der Waals surface area contributed by atoms with Gasteiger partial charge in [0.05, 0.1) is 5.92 Å². The van der Waals surface area contributed by atoms with Crippen molar-refractivity contribution in [2.75, 3.05) is 13.1 Å². The van der Waals surface area contributed by atoms with Gasteiger partial charge in [-0.1, -0.05) is 6.92 Å². The Bertz CT molecular complexity index is 427. The minimum absolute atomic E-state index is 0.199. The maximum Gasteiger partial charge on any atom is 0.308 e. The van der Waals surface area contributed by atoms with Crippen LogP contribution < -0.4 is 0 Å². The van der Waals surface area contributed by atoms with Crippen LogP contribution in [0.3, 0.4) is 0 Å². The van der Waals surface area contributed by atoms with E-state index in [0.717, 1.165) is 13.1 Å². The quantitative estimate of drug-likeness (QED) is 0.900. The summed E-state index contributed by atoms with van der Waals surface area (Å²) in [6.07, 6.45) is 0. The third-order valence-electron chi connectivity index (χ3n) is 3.54. The van der Waals surface area contributed by atoms with Crippen molar-refractivity contribution in [1.82, 2.24) is 4.90 Å². The number of aliphatic carboxylic acids is 1. The minimum atomic E-state index is -0.654. The van der Waals surface area contributed by atoms with Crippen LogP contribution in [0.2, 0.25) is 0 Å². The third-order valence-corrected chi connectivity index (χ3v) is 4.55. The summed E-state index contributed by atoms with van der Waals surface area (Å²) in [4.78, 5) is 16.0. The molecule has 1 fully saturated rings. The van der Waals surface area contributed by atoms with E-state index >= 15 is 0 Å². The van der Waals surface area contributed by atoms with Crippen molar-refractivity contribution < 1.29 is 9.90 Å². The first-order chi connectivity index (χ1) is 7.97. The summed E-state index contributed by atoms with van der Waals surface area (Å²) in [5.41, 5.74) is 1.35. The number of rotatable bonds is 3. The molecule has 0 bridgehead atoms. The van der Waals surface area contributed by atoms with Crippen molar-refractivity contribution in [2.45, 2.75) is 27.3 Å². The highest BCUT2D eigenvalue weighted by atomic mass is 32.1. The molecule has 3 nitrogen and oxygen atoms in total. The minimum Gasteiger partial charge on any atom is -0.481 e. The molecule has 1 N–H and O–H groups in total. The molecule has 2 heterocycles. The fourth-order valence-corrected chi connectivity index (χ4v) is 3.54. The van der Waals surface area contributed by atoms with Crippen molar-refractivity contribution in [2.24, 2.45) is 11.8 Å². The van der Waals surface area contributed by atoms with Crippen LogP contribution in [0, 0.1) is 25.7 Å². The van der Waals surface area contributed by atoms with Crippen molar-refractivity contribution in [3.05, 3.63) is 21.4 Å². The predicted molar refractivity (Wildman–Crippen MR) is 69.4 cm³/mol. The largest absolute Gasteiger partial charge is 0.481 e. The fraction of sp³-hybridized carbons (Fsp3) is 0.615. The van der Waals surface area contributed by atoms with Crippen molar-refractivity contribution >= 4 is 17.3 Å². The molecule has 0 aromatic carbocycles. The first-order valence-corrected chi connectivity index (χ1v) is 6.80. The zero-order chi connectivity index (χ0) is 12.6. The lowest BCUT2D eigenvalue weighted by Crippen LogP contribution is -2.23. The van der Waals surface area contributed by atoms with Gasteiger partial charge in [-0.15, -0.1) is 11.3 Å². The van der Waals surface area contributed by atoms with Crippen LogP contribution in [-0.2, 0) is 11.3 Å². The lowest BCUT2D eigenvalue weighted by Gasteiger charge is -2.14. The van der Waals surface area contributed by atoms with Crippen LogP contribution in [-0.4, -0.2) is 29.1 Å². The number of likely N-dealkylation sites (tertiary alicyclic amines) is 1. The molecule has 1 aromatic rings. The second kappa shape index (κ2) is 4.78. The van der Waals surface area contributed by atoms with E-state index in [1.165, 1.54) is 15.3 Å². The van der Waals surface area contributed by atoms with Crippen molar-refractivity contribution in [3.8, 4) is 0 Å². The summed E-state index contributed by atoms with van der Waals surface area (Å²) in [6, 6.07) is 2.22. The summed E-state index contributed by atoms with van der Waals surface area (Å²) in [5.74, 6) is -0.596. The average molecular weight is 253 g/mol. The molecule has 2 rings (SSSR count). The lowest BCUT2D eigenvalue weighted by atomic mass is 9.99. The van der Waals surface area contributed by atoms with E-state index in [0.29, 0.717) is 6.54 Å². The normalized spacial score (nSPS) is 25.4. The molecule has 4 heteroatoms. The molecule has 0 radical (unpaired) electrons. The fourth-order valence-electron chi connectivity index (χ4n) is 2.60. The number of carbonyl (C=O) groups is 1. The summed E-state index contributed by atoms with van der Waals surface area (Å²) in [5, 5.41) is 9.10. The third kappa shape index (κ3) is 2.69. The Morgan fingerprint density at radius 3 is 2.71 bits per heavy atom. The Morgan fingerprint density at radius 1 is 1.53 bits per heavy atom. The molecular weight excluding hydrogens is 234 g/mol. The molecule has 17 heavy (non-hydrogen) atoms. The van der Waals surface area contributed by atoms with E-state index in [-0.39, 0.29) is 11.8 Å². The molecule has 94 valence electrons. The van der Waals surface area contributed by atoms with Gasteiger partial charge in [0.2, 0.25) is 0 Å². The van der Waals surface area contributed by atoms with Gasteiger partial charge in [-0.2, -0.15) is 0 Å². The highest BCUT2D eigenvalue weighted by molar-refractivity contribution is 7.12. The van der Waals surface area contributed by atoms with Gasteiger partial charge in [0.15, 0.2) is 0 Å². The van der Waals surface area contributed by atoms with Crippen LogP contribution in [0.15, 0.2) is 6.07 Å². The lowest BCUT2D eigenvalue weighted by molar-refractivity contribution is -0.142. The molecule has 1 saturated heterocycles. The van der Waals surface area contributed by atoms with Gasteiger partial charge < -0.3 is 5.11 Å².